The Morgan fingerprint density at radius 2 is 2.10 bits per heavy atom. The number of benzene rings is 1. The molecule has 1 saturated carbocycles. The average Bonchev–Trinajstić information content (AvgIpc) is 3.05. The summed E-state index contributed by atoms with van der Waals surface area (Å²) >= 11 is 17.1. The van der Waals surface area contributed by atoms with Crippen LogP contribution in [0.2, 0.25) is 10.0 Å². The van der Waals surface area contributed by atoms with E-state index in [1.165, 1.54) is 6.42 Å². The highest BCUT2D eigenvalue weighted by molar-refractivity contribution is 7.80. The van der Waals surface area contributed by atoms with Gasteiger partial charge in [-0.15, -0.1) is 0 Å². The number of nitrogens with zero attached hydrogens (tertiary/aromatic N) is 1. The molecule has 110 valence electrons. The molecule has 3 rings (SSSR count). The van der Waals surface area contributed by atoms with Crippen molar-refractivity contribution in [1.29, 1.82) is 0 Å². The van der Waals surface area contributed by atoms with Crippen molar-refractivity contribution in [2.24, 2.45) is 16.9 Å². The van der Waals surface area contributed by atoms with Crippen LogP contribution in [0, 0.1) is 11.8 Å². The summed E-state index contributed by atoms with van der Waals surface area (Å²) in [6, 6.07) is 5.77. The van der Waals surface area contributed by atoms with Crippen LogP contribution in [0.1, 0.15) is 18.4 Å². The normalized spacial score (nSPS) is 26.5. The zero-order valence-corrected chi connectivity index (χ0v) is 13.6. The molecular weight excluding hydrogens is 325 g/mol. The Hall–Kier alpha value is -1.10. The van der Waals surface area contributed by atoms with E-state index in [9.17, 15) is 0 Å². The molecule has 0 aromatic heterocycles. The lowest BCUT2D eigenvalue weighted by molar-refractivity contribution is 0.521. The Morgan fingerprint density at radius 3 is 2.76 bits per heavy atom. The van der Waals surface area contributed by atoms with Gasteiger partial charge in [-0.25, -0.2) is 0 Å². The summed E-state index contributed by atoms with van der Waals surface area (Å²) < 4.78 is 0. The van der Waals surface area contributed by atoms with E-state index in [1.807, 2.05) is 6.07 Å². The van der Waals surface area contributed by atoms with Gasteiger partial charge in [0.1, 0.15) is 0 Å². The second-order valence-electron chi connectivity index (χ2n) is 5.40. The average molecular weight is 340 g/mol. The predicted molar refractivity (Wildman–Crippen MR) is 92.1 cm³/mol. The first-order valence-electron chi connectivity index (χ1n) is 6.85. The summed E-state index contributed by atoms with van der Waals surface area (Å²) in [5.74, 6) is 1.32. The number of hydrogen-bond acceptors (Lipinski definition) is 2. The highest BCUT2D eigenvalue weighted by atomic mass is 35.5. The van der Waals surface area contributed by atoms with Crippen LogP contribution < -0.4 is 10.7 Å². The van der Waals surface area contributed by atoms with Crippen LogP contribution in [-0.4, -0.2) is 17.4 Å². The molecule has 3 atom stereocenters. The van der Waals surface area contributed by atoms with Crippen molar-refractivity contribution in [3.05, 3.63) is 46.0 Å². The highest BCUT2D eigenvalue weighted by Crippen LogP contribution is 2.38. The molecule has 0 spiro atoms. The van der Waals surface area contributed by atoms with Gasteiger partial charge < -0.3 is 5.32 Å². The number of hydrazone groups is 1. The van der Waals surface area contributed by atoms with Crippen molar-refractivity contribution in [2.45, 2.75) is 18.9 Å². The molecule has 0 heterocycles. The fourth-order valence-electron chi connectivity index (χ4n) is 2.91. The minimum Gasteiger partial charge on any atom is -0.358 e. The number of fused-ring (bicyclic) bond motifs is 2. The van der Waals surface area contributed by atoms with Crippen molar-refractivity contribution in [3.8, 4) is 0 Å². The maximum atomic E-state index is 5.95. The summed E-state index contributed by atoms with van der Waals surface area (Å²) in [6.45, 7) is 0. The van der Waals surface area contributed by atoms with Gasteiger partial charge in [-0.05, 0) is 54.6 Å². The van der Waals surface area contributed by atoms with Gasteiger partial charge in [0.2, 0.25) is 0 Å². The Labute approximate surface area is 139 Å². The van der Waals surface area contributed by atoms with Crippen LogP contribution in [0.5, 0.6) is 0 Å². The number of nitrogens with one attached hydrogen (secondary N) is 2. The zero-order chi connectivity index (χ0) is 14.8. The molecule has 0 unspecified atom stereocenters. The molecule has 3 nitrogen and oxygen atoms in total. The summed E-state index contributed by atoms with van der Waals surface area (Å²) in [5.41, 5.74) is 3.70. The van der Waals surface area contributed by atoms with Gasteiger partial charge in [-0.3, -0.25) is 5.43 Å². The highest BCUT2D eigenvalue weighted by Gasteiger charge is 2.35. The SMILES string of the molecule is S=C(N/N=C\c1ccc(Cl)c(Cl)c1)N[C@@H]1C[C@H]2C=C[C@@H]1C2. The van der Waals surface area contributed by atoms with Crippen molar-refractivity contribution < 1.29 is 0 Å². The van der Waals surface area contributed by atoms with E-state index in [2.05, 4.69) is 28.0 Å². The van der Waals surface area contributed by atoms with Crippen LogP contribution in [0.4, 0.5) is 0 Å². The summed E-state index contributed by atoms with van der Waals surface area (Å²) in [7, 11) is 0. The minimum absolute atomic E-state index is 0.431. The minimum atomic E-state index is 0.431. The molecule has 0 amide bonds. The van der Waals surface area contributed by atoms with E-state index in [0.717, 1.165) is 17.9 Å². The fraction of sp³-hybridized carbons (Fsp3) is 0.333. The molecule has 1 aromatic rings. The van der Waals surface area contributed by atoms with E-state index < -0.39 is 0 Å². The molecule has 6 heteroatoms. The molecule has 0 saturated heterocycles. The largest absolute Gasteiger partial charge is 0.358 e. The molecule has 2 aliphatic carbocycles. The fourth-order valence-corrected chi connectivity index (χ4v) is 3.42. The quantitative estimate of drug-likeness (QED) is 0.381. The van der Waals surface area contributed by atoms with Crippen LogP contribution >= 0.6 is 35.4 Å². The number of hydrogen-bond donors (Lipinski definition) is 2. The second kappa shape index (κ2) is 6.34. The van der Waals surface area contributed by atoms with E-state index >= 15 is 0 Å². The van der Waals surface area contributed by atoms with Gasteiger partial charge >= 0.3 is 0 Å². The molecule has 2 N–H and O–H groups in total. The number of rotatable bonds is 3. The maximum absolute atomic E-state index is 5.95. The van der Waals surface area contributed by atoms with Crippen LogP contribution in [0.3, 0.4) is 0 Å². The maximum Gasteiger partial charge on any atom is 0.187 e. The summed E-state index contributed by atoms with van der Waals surface area (Å²) in [6.07, 6.45) is 8.65. The third-order valence-electron chi connectivity index (χ3n) is 3.92. The van der Waals surface area contributed by atoms with Crippen molar-refractivity contribution in [3.63, 3.8) is 0 Å². The van der Waals surface area contributed by atoms with Crippen molar-refractivity contribution in [1.82, 2.24) is 10.7 Å². The first-order chi connectivity index (χ1) is 10.1. The topological polar surface area (TPSA) is 36.4 Å². The van der Waals surface area contributed by atoms with Crippen LogP contribution in [0.25, 0.3) is 0 Å². The smallest absolute Gasteiger partial charge is 0.187 e. The molecule has 0 aliphatic heterocycles. The monoisotopic (exact) mass is 339 g/mol. The number of thiocarbonyl (C=S) groups is 1. The van der Waals surface area contributed by atoms with Gasteiger partial charge in [-0.1, -0.05) is 41.4 Å². The van der Waals surface area contributed by atoms with Crippen LogP contribution in [-0.2, 0) is 0 Å². The van der Waals surface area contributed by atoms with Gasteiger partial charge in [0.25, 0.3) is 0 Å². The summed E-state index contributed by atoms with van der Waals surface area (Å²) in [5, 5.41) is 9.04. The third-order valence-corrected chi connectivity index (χ3v) is 4.87. The predicted octanol–water partition coefficient (Wildman–Crippen LogP) is 3.76. The molecule has 0 radical (unpaired) electrons. The summed E-state index contributed by atoms with van der Waals surface area (Å²) in [4.78, 5) is 0. The second-order valence-corrected chi connectivity index (χ2v) is 6.63. The van der Waals surface area contributed by atoms with E-state index in [0.29, 0.717) is 27.1 Å². The van der Waals surface area contributed by atoms with Gasteiger partial charge in [-0.2, -0.15) is 5.10 Å². The van der Waals surface area contributed by atoms with E-state index in [1.54, 1.807) is 18.3 Å². The first-order valence-corrected chi connectivity index (χ1v) is 8.01. The molecule has 1 fully saturated rings. The molecule has 2 bridgehead atoms. The first kappa shape index (κ1) is 14.8. The van der Waals surface area contributed by atoms with Crippen molar-refractivity contribution in [2.75, 3.05) is 0 Å². The van der Waals surface area contributed by atoms with Crippen LogP contribution in [0.15, 0.2) is 35.5 Å². The van der Waals surface area contributed by atoms with Crippen molar-refractivity contribution >= 4 is 46.7 Å². The number of allylic oxidation sites excluding steroid dienone is 1. The lowest BCUT2D eigenvalue weighted by atomic mass is 10.0. The molecule has 21 heavy (non-hydrogen) atoms. The van der Waals surface area contributed by atoms with Gasteiger partial charge in [0.05, 0.1) is 16.3 Å². The number of halogens is 2. The van der Waals surface area contributed by atoms with E-state index in [-0.39, 0.29) is 0 Å². The molecular formula is C15H15Cl2N3S. The van der Waals surface area contributed by atoms with Gasteiger partial charge in [0.15, 0.2) is 5.11 Å². The van der Waals surface area contributed by atoms with E-state index in [4.69, 9.17) is 35.4 Å². The lowest BCUT2D eigenvalue weighted by Gasteiger charge is -2.20. The molecule has 1 aromatic carbocycles. The lowest BCUT2D eigenvalue weighted by Crippen LogP contribution is -2.42. The third kappa shape index (κ3) is 3.57. The Balaban J connectivity index is 1.50. The Morgan fingerprint density at radius 1 is 1.24 bits per heavy atom. The molecule has 2 aliphatic rings. The zero-order valence-electron chi connectivity index (χ0n) is 11.2. The Bertz CT molecular complexity index is 615. The standard InChI is InChI=1S/C15H15Cl2N3S/c16-12-4-2-10(6-13(12)17)8-18-20-15(21)19-14-7-9-1-3-11(14)5-9/h1-4,6,8-9,11,14H,5,7H2,(H2,19,20,21)/b18-8-/t9-,11+,14+/m0/s1. The Kier molecular flexibility index (Phi) is 4.48. The van der Waals surface area contributed by atoms with Gasteiger partial charge in [0, 0.05) is 6.04 Å².